The number of hydrogen-bond donors (Lipinski definition) is 2. The molecule has 3 rings (SSSR count). The highest BCUT2D eigenvalue weighted by Gasteiger charge is 2.22. The molecule has 0 aliphatic heterocycles. The van der Waals surface area contributed by atoms with Crippen LogP contribution in [0.2, 0.25) is 0 Å². The summed E-state index contributed by atoms with van der Waals surface area (Å²) < 4.78 is 4.88. The lowest BCUT2D eigenvalue weighted by atomic mass is 10.0. The molecular formula is C25H26N2O3. The summed E-state index contributed by atoms with van der Waals surface area (Å²) in [5.74, 6) is -0.480. The predicted molar refractivity (Wildman–Crippen MR) is 119 cm³/mol. The Bertz CT molecular complexity index is 985. The van der Waals surface area contributed by atoms with Crippen LogP contribution in [0.5, 0.6) is 0 Å². The van der Waals surface area contributed by atoms with Gasteiger partial charge in [-0.25, -0.2) is 9.59 Å². The third-order valence-electron chi connectivity index (χ3n) is 4.88. The second-order valence-electron chi connectivity index (χ2n) is 7.00. The van der Waals surface area contributed by atoms with Gasteiger partial charge in [0.05, 0.1) is 7.11 Å². The molecule has 0 bridgehead atoms. The molecule has 0 fully saturated rings. The third kappa shape index (κ3) is 5.70. The lowest BCUT2D eigenvalue weighted by Gasteiger charge is -2.17. The van der Waals surface area contributed by atoms with Crippen molar-refractivity contribution in [2.24, 2.45) is 0 Å². The number of esters is 1. The maximum absolute atomic E-state index is 12.5. The first-order chi connectivity index (χ1) is 14.6. The van der Waals surface area contributed by atoms with Crippen molar-refractivity contribution in [3.8, 4) is 11.1 Å². The van der Waals surface area contributed by atoms with Gasteiger partial charge in [0.15, 0.2) is 0 Å². The number of rotatable bonds is 7. The molecule has 3 aromatic carbocycles. The molecule has 3 aromatic rings. The van der Waals surface area contributed by atoms with Crippen LogP contribution in [0.4, 0.5) is 10.5 Å². The summed E-state index contributed by atoms with van der Waals surface area (Å²) in [6.45, 7) is 2.08. The topological polar surface area (TPSA) is 67.4 Å². The van der Waals surface area contributed by atoms with Crippen molar-refractivity contribution in [3.63, 3.8) is 0 Å². The van der Waals surface area contributed by atoms with E-state index in [9.17, 15) is 9.59 Å². The highest BCUT2D eigenvalue weighted by atomic mass is 16.5. The molecule has 5 nitrogen and oxygen atoms in total. The van der Waals surface area contributed by atoms with E-state index in [0.29, 0.717) is 12.1 Å². The van der Waals surface area contributed by atoms with Crippen LogP contribution < -0.4 is 10.6 Å². The van der Waals surface area contributed by atoms with Crippen LogP contribution in [0.15, 0.2) is 78.9 Å². The number of carbonyl (C=O) groups is 2. The highest BCUT2D eigenvalue weighted by molar-refractivity contribution is 5.92. The van der Waals surface area contributed by atoms with Gasteiger partial charge >= 0.3 is 12.0 Å². The second-order valence-corrected chi connectivity index (χ2v) is 7.00. The molecule has 0 saturated carbocycles. The first kappa shape index (κ1) is 21.1. The van der Waals surface area contributed by atoms with Crippen molar-refractivity contribution in [1.82, 2.24) is 5.32 Å². The zero-order valence-electron chi connectivity index (χ0n) is 17.2. The fraction of sp³-hybridized carbons (Fsp3) is 0.200. The summed E-state index contributed by atoms with van der Waals surface area (Å²) in [4.78, 5) is 24.7. The van der Waals surface area contributed by atoms with Crippen LogP contribution in [0.3, 0.4) is 0 Å². The largest absolute Gasteiger partial charge is 0.467 e. The van der Waals surface area contributed by atoms with Crippen LogP contribution in [0.1, 0.15) is 18.1 Å². The monoisotopic (exact) mass is 402 g/mol. The molecule has 0 aliphatic carbocycles. The van der Waals surface area contributed by atoms with E-state index in [1.165, 1.54) is 12.7 Å². The number of benzene rings is 3. The molecule has 30 heavy (non-hydrogen) atoms. The molecule has 1 atom stereocenters. The Morgan fingerprint density at radius 1 is 0.867 bits per heavy atom. The molecule has 0 heterocycles. The third-order valence-corrected chi connectivity index (χ3v) is 4.88. The summed E-state index contributed by atoms with van der Waals surface area (Å²) in [5, 5.41) is 5.50. The van der Waals surface area contributed by atoms with Crippen LogP contribution in [-0.2, 0) is 22.4 Å². The van der Waals surface area contributed by atoms with Crippen molar-refractivity contribution in [2.75, 3.05) is 12.4 Å². The zero-order valence-corrected chi connectivity index (χ0v) is 17.2. The van der Waals surface area contributed by atoms with Gasteiger partial charge in [-0.2, -0.15) is 0 Å². The summed E-state index contributed by atoms with van der Waals surface area (Å²) in [6.07, 6.45) is 1.27. The van der Waals surface area contributed by atoms with E-state index in [1.54, 1.807) is 0 Å². The molecule has 0 spiro atoms. The Labute approximate surface area is 177 Å². The quantitative estimate of drug-likeness (QED) is 0.557. The van der Waals surface area contributed by atoms with E-state index < -0.39 is 18.0 Å². The maximum atomic E-state index is 12.5. The van der Waals surface area contributed by atoms with Crippen molar-refractivity contribution in [2.45, 2.75) is 25.8 Å². The minimum absolute atomic E-state index is 0.362. The van der Waals surface area contributed by atoms with E-state index >= 15 is 0 Å². The van der Waals surface area contributed by atoms with Crippen molar-refractivity contribution >= 4 is 17.7 Å². The molecule has 5 heteroatoms. The lowest BCUT2D eigenvalue weighted by Crippen LogP contribution is -2.45. The number of methoxy groups -OCH3 is 1. The first-order valence-corrected chi connectivity index (χ1v) is 9.97. The van der Waals surface area contributed by atoms with E-state index in [1.807, 2.05) is 78.9 Å². The Morgan fingerprint density at radius 3 is 2.20 bits per heavy atom. The molecule has 0 radical (unpaired) electrons. The number of hydrogen-bond acceptors (Lipinski definition) is 3. The molecule has 2 amide bonds. The molecule has 0 unspecified atom stereocenters. The highest BCUT2D eigenvalue weighted by Crippen LogP contribution is 2.21. The van der Waals surface area contributed by atoms with Gasteiger partial charge in [-0.05, 0) is 40.8 Å². The molecular weight excluding hydrogens is 376 g/mol. The van der Waals surface area contributed by atoms with Crippen molar-refractivity contribution < 1.29 is 14.3 Å². The van der Waals surface area contributed by atoms with Crippen molar-refractivity contribution in [1.29, 1.82) is 0 Å². The SMILES string of the molecule is CCc1cccc(C[C@H](NC(=O)Nc2ccc(-c3ccccc3)cc2)C(=O)OC)c1. The predicted octanol–water partition coefficient (Wildman–Crippen LogP) is 4.82. The number of ether oxygens (including phenoxy) is 1. The number of nitrogens with one attached hydrogen (secondary N) is 2. The standard InChI is InChI=1S/C25H26N2O3/c1-3-18-8-7-9-19(16-18)17-23(24(28)30-2)27-25(29)26-22-14-12-21(13-15-22)20-10-5-4-6-11-20/h4-16,23H,3,17H2,1-2H3,(H2,26,27,29)/t23-/m0/s1. The summed E-state index contributed by atoms with van der Waals surface area (Å²) in [7, 11) is 1.32. The second kappa shape index (κ2) is 10.3. The van der Waals surface area contributed by atoms with Crippen LogP contribution in [0, 0.1) is 0 Å². The average molecular weight is 402 g/mol. The average Bonchev–Trinajstić information content (AvgIpc) is 2.79. The van der Waals surface area contributed by atoms with Gasteiger partial charge in [-0.15, -0.1) is 0 Å². The van der Waals surface area contributed by atoms with Crippen LogP contribution >= 0.6 is 0 Å². The number of anilines is 1. The molecule has 0 saturated heterocycles. The molecule has 0 aromatic heterocycles. The van der Waals surface area contributed by atoms with E-state index in [0.717, 1.165) is 23.1 Å². The van der Waals surface area contributed by atoms with Gasteiger partial charge in [0.1, 0.15) is 6.04 Å². The molecule has 0 aliphatic rings. The minimum atomic E-state index is -0.773. The Morgan fingerprint density at radius 2 is 1.53 bits per heavy atom. The van der Waals surface area contributed by atoms with Crippen molar-refractivity contribution in [3.05, 3.63) is 90.0 Å². The number of carbonyl (C=O) groups excluding carboxylic acids is 2. The fourth-order valence-corrected chi connectivity index (χ4v) is 3.25. The van der Waals surface area contributed by atoms with Gasteiger partial charge in [0.2, 0.25) is 0 Å². The zero-order chi connectivity index (χ0) is 21.3. The van der Waals surface area contributed by atoms with Crippen LogP contribution in [-0.4, -0.2) is 25.2 Å². The summed E-state index contributed by atoms with van der Waals surface area (Å²) >= 11 is 0. The summed E-state index contributed by atoms with van der Waals surface area (Å²) in [5.41, 5.74) is 4.96. The van der Waals surface area contributed by atoms with Crippen LogP contribution in [0.25, 0.3) is 11.1 Å². The molecule has 154 valence electrons. The summed E-state index contributed by atoms with van der Waals surface area (Å²) in [6, 6.07) is 24.3. The Balaban J connectivity index is 1.64. The number of aryl methyl sites for hydroxylation is 1. The molecule has 2 N–H and O–H groups in total. The number of urea groups is 1. The lowest BCUT2D eigenvalue weighted by molar-refractivity contribution is -0.142. The van der Waals surface area contributed by atoms with Gasteiger partial charge < -0.3 is 15.4 Å². The minimum Gasteiger partial charge on any atom is -0.467 e. The Hall–Kier alpha value is -3.60. The van der Waals surface area contributed by atoms with E-state index in [4.69, 9.17) is 4.74 Å². The number of amides is 2. The normalized spacial score (nSPS) is 11.4. The maximum Gasteiger partial charge on any atom is 0.328 e. The van der Waals surface area contributed by atoms with Gasteiger partial charge in [0, 0.05) is 12.1 Å². The fourth-order valence-electron chi connectivity index (χ4n) is 3.25. The van der Waals surface area contributed by atoms with E-state index in [2.05, 4.69) is 17.6 Å². The smallest absolute Gasteiger partial charge is 0.328 e. The first-order valence-electron chi connectivity index (χ1n) is 9.97. The van der Waals surface area contributed by atoms with Gasteiger partial charge in [-0.3, -0.25) is 0 Å². The van der Waals surface area contributed by atoms with Gasteiger partial charge in [0.25, 0.3) is 0 Å². The Kier molecular flexibility index (Phi) is 7.22. The van der Waals surface area contributed by atoms with E-state index in [-0.39, 0.29) is 0 Å². The van der Waals surface area contributed by atoms with Gasteiger partial charge in [-0.1, -0.05) is 73.7 Å².